The number of aryl methyl sites for hydroxylation is 1. The van der Waals surface area contributed by atoms with Crippen LogP contribution in [-0.2, 0) is 6.42 Å². The lowest BCUT2D eigenvalue weighted by molar-refractivity contribution is 0.196. The molecule has 0 fully saturated rings. The number of benzene rings is 1. The third-order valence-corrected chi connectivity index (χ3v) is 4.81. The molecule has 1 aliphatic carbocycles. The predicted molar refractivity (Wildman–Crippen MR) is 87.1 cm³/mol. The van der Waals surface area contributed by atoms with Crippen LogP contribution < -0.4 is 5.32 Å². The number of pyridine rings is 1. The molecule has 2 aromatic rings. The van der Waals surface area contributed by atoms with Crippen molar-refractivity contribution in [3.05, 3.63) is 65.5 Å². The molecule has 2 heteroatoms. The summed E-state index contributed by atoms with van der Waals surface area (Å²) in [7, 11) is 0. The molecule has 0 saturated carbocycles. The topological polar surface area (TPSA) is 24.9 Å². The van der Waals surface area contributed by atoms with Gasteiger partial charge in [-0.25, -0.2) is 0 Å². The zero-order chi connectivity index (χ0) is 14.9. The average Bonchev–Trinajstić information content (AvgIpc) is 2.51. The summed E-state index contributed by atoms with van der Waals surface area (Å²) in [6.45, 7) is 6.99. The number of rotatable bonds is 3. The standard InChI is InChI=1S/C19H24N2/c1-14(15-9-12-20-13-10-15)21-18-17-7-5-4-6-16(17)8-11-19(18,2)3/h4-7,9-10,12-14,18,21H,8,11H2,1-3H3/t14-,18?/m0/s1. The predicted octanol–water partition coefficient (Wildman–Crippen LogP) is 4.45. The van der Waals surface area contributed by atoms with Gasteiger partial charge in [0, 0.05) is 24.5 Å². The highest BCUT2D eigenvalue weighted by Crippen LogP contribution is 2.44. The Morgan fingerprint density at radius 2 is 1.86 bits per heavy atom. The molecule has 21 heavy (non-hydrogen) atoms. The molecular weight excluding hydrogens is 256 g/mol. The maximum atomic E-state index is 4.11. The van der Waals surface area contributed by atoms with Gasteiger partial charge in [-0.1, -0.05) is 38.1 Å². The van der Waals surface area contributed by atoms with Crippen molar-refractivity contribution in [2.75, 3.05) is 0 Å². The number of nitrogens with zero attached hydrogens (tertiary/aromatic N) is 1. The smallest absolute Gasteiger partial charge is 0.0379 e. The van der Waals surface area contributed by atoms with Crippen molar-refractivity contribution >= 4 is 0 Å². The summed E-state index contributed by atoms with van der Waals surface area (Å²) >= 11 is 0. The Labute approximate surface area is 127 Å². The van der Waals surface area contributed by atoms with Crippen LogP contribution in [0.15, 0.2) is 48.8 Å². The Balaban J connectivity index is 1.89. The van der Waals surface area contributed by atoms with Gasteiger partial charge in [-0.15, -0.1) is 0 Å². The van der Waals surface area contributed by atoms with Crippen LogP contribution in [0.25, 0.3) is 0 Å². The van der Waals surface area contributed by atoms with Crippen molar-refractivity contribution < 1.29 is 0 Å². The minimum absolute atomic E-state index is 0.273. The lowest BCUT2D eigenvalue weighted by Gasteiger charge is -2.42. The number of nitrogens with one attached hydrogen (secondary N) is 1. The Bertz CT molecular complexity index is 604. The van der Waals surface area contributed by atoms with Crippen molar-refractivity contribution in [2.24, 2.45) is 5.41 Å². The van der Waals surface area contributed by atoms with E-state index in [1.54, 1.807) is 0 Å². The van der Waals surface area contributed by atoms with Gasteiger partial charge in [0.15, 0.2) is 0 Å². The molecule has 0 aliphatic heterocycles. The molecule has 1 aromatic heterocycles. The molecule has 2 atom stereocenters. The van der Waals surface area contributed by atoms with E-state index in [0.29, 0.717) is 12.1 Å². The fourth-order valence-corrected chi connectivity index (χ4v) is 3.38. The molecule has 1 unspecified atom stereocenters. The van der Waals surface area contributed by atoms with E-state index in [2.05, 4.69) is 67.5 Å². The van der Waals surface area contributed by atoms with E-state index < -0.39 is 0 Å². The van der Waals surface area contributed by atoms with Crippen LogP contribution in [0.5, 0.6) is 0 Å². The fourth-order valence-electron chi connectivity index (χ4n) is 3.38. The Hall–Kier alpha value is -1.67. The summed E-state index contributed by atoms with van der Waals surface area (Å²) in [5.74, 6) is 0. The third kappa shape index (κ3) is 2.86. The lowest BCUT2D eigenvalue weighted by Crippen LogP contribution is -2.39. The van der Waals surface area contributed by atoms with E-state index in [0.717, 1.165) is 0 Å². The second-order valence-electron chi connectivity index (χ2n) is 6.79. The molecule has 110 valence electrons. The van der Waals surface area contributed by atoms with Crippen LogP contribution in [-0.4, -0.2) is 4.98 Å². The van der Waals surface area contributed by atoms with Crippen LogP contribution in [0, 0.1) is 5.41 Å². The third-order valence-electron chi connectivity index (χ3n) is 4.81. The molecular formula is C19H24N2. The van der Waals surface area contributed by atoms with Gasteiger partial charge in [-0.3, -0.25) is 4.98 Å². The molecule has 1 heterocycles. The van der Waals surface area contributed by atoms with Crippen molar-refractivity contribution in [3.63, 3.8) is 0 Å². The Morgan fingerprint density at radius 3 is 2.62 bits per heavy atom. The first-order valence-corrected chi connectivity index (χ1v) is 7.82. The van der Waals surface area contributed by atoms with Gasteiger partial charge >= 0.3 is 0 Å². The molecule has 1 N–H and O–H groups in total. The van der Waals surface area contributed by atoms with Crippen LogP contribution in [0.3, 0.4) is 0 Å². The highest BCUT2D eigenvalue weighted by atomic mass is 15.0. The maximum absolute atomic E-state index is 4.11. The van der Waals surface area contributed by atoms with Crippen LogP contribution in [0.1, 0.15) is 56.0 Å². The molecule has 0 spiro atoms. The van der Waals surface area contributed by atoms with E-state index in [4.69, 9.17) is 0 Å². The second-order valence-corrected chi connectivity index (χ2v) is 6.79. The van der Waals surface area contributed by atoms with E-state index in [9.17, 15) is 0 Å². The van der Waals surface area contributed by atoms with Gasteiger partial charge in [0.1, 0.15) is 0 Å². The summed E-state index contributed by atoms with van der Waals surface area (Å²) in [6, 6.07) is 13.8. The van der Waals surface area contributed by atoms with Crippen molar-refractivity contribution in [2.45, 2.75) is 45.7 Å². The van der Waals surface area contributed by atoms with Crippen LogP contribution in [0.4, 0.5) is 0 Å². The van der Waals surface area contributed by atoms with Gasteiger partial charge in [-0.2, -0.15) is 0 Å². The molecule has 0 bridgehead atoms. The summed E-state index contributed by atoms with van der Waals surface area (Å²) < 4.78 is 0. The van der Waals surface area contributed by atoms with E-state index in [1.165, 1.54) is 29.5 Å². The molecule has 3 rings (SSSR count). The van der Waals surface area contributed by atoms with E-state index in [-0.39, 0.29) is 5.41 Å². The molecule has 2 nitrogen and oxygen atoms in total. The second kappa shape index (κ2) is 5.61. The van der Waals surface area contributed by atoms with Crippen LogP contribution in [0.2, 0.25) is 0 Å². The quantitative estimate of drug-likeness (QED) is 0.898. The summed E-state index contributed by atoms with van der Waals surface area (Å²) in [6.07, 6.45) is 6.15. The molecule has 0 amide bonds. The number of fused-ring (bicyclic) bond motifs is 1. The summed E-state index contributed by atoms with van der Waals surface area (Å²) in [4.78, 5) is 4.11. The highest BCUT2D eigenvalue weighted by molar-refractivity contribution is 5.34. The largest absolute Gasteiger partial charge is 0.303 e. The normalized spacial score (nSPS) is 21.6. The molecule has 0 radical (unpaired) electrons. The fraction of sp³-hybridized carbons (Fsp3) is 0.421. The minimum Gasteiger partial charge on any atom is -0.303 e. The number of hydrogen-bond acceptors (Lipinski definition) is 2. The maximum Gasteiger partial charge on any atom is 0.0379 e. The first-order chi connectivity index (χ1) is 10.1. The van der Waals surface area contributed by atoms with E-state index >= 15 is 0 Å². The van der Waals surface area contributed by atoms with Crippen molar-refractivity contribution in [1.82, 2.24) is 10.3 Å². The van der Waals surface area contributed by atoms with Gasteiger partial charge in [0.2, 0.25) is 0 Å². The van der Waals surface area contributed by atoms with Gasteiger partial charge in [0.05, 0.1) is 0 Å². The van der Waals surface area contributed by atoms with Crippen molar-refractivity contribution in [1.29, 1.82) is 0 Å². The lowest BCUT2D eigenvalue weighted by atomic mass is 9.70. The molecule has 0 saturated heterocycles. The van der Waals surface area contributed by atoms with Gasteiger partial charge < -0.3 is 5.32 Å². The van der Waals surface area contributed by atoms with Gasteiger partial charge in [0.25, 0.3) is 0 Å². The molecule has 1 aliphatic rings. The zero-order valence-electron chi connectivity index (χ0n) is 13.1. The average molecular weight is 280 g/mol. The van der Waals surface area contributed by atoms with Crippen molar-refractivity contribution in [3.8, 4) is 0 Å². The monoisotopic (exact) mass is 280 g/mol. The van der Waals surface area contributed by atoms with Gasteiger partial charge in [-0.05, 0) is 54.0 Å². The zero-order valence-corrected chi connectivity index (χ0v) is 13.1. The first-order valence-electron chi connectivity index (χ1n) is 7.82. The van der Waals surface area contributed by atoms with Crippen LogP contribution >= 0.6 is 0 Å². The Morgan fingerprint density at radius 1 is 1.14 bits per heavy atom. The molecule has 1 aromatic carbocycles. The highest BCUT2D eigenvalue weighted by Gasteiger charge is 2.36. The number of aromatic nitrogens is 1. The summed E-state index contributed by atoms with van der Waals surface area (Å²) in [5.41, 5.74) is 4.53. The van der Waals surface area contributed by atoms with E-state index in [1.807, 2.05) is 12.4 Å². The number of hydrogen-bond donors (Lipinski definition) is 1. The SMILES string of the molecule is C[C@H](NC1c2ccccc2CCC1(C)C)c1ccncc1. The first kappa shape index (κ1) is 14.3. The summed E-state index contributed by atoms with van der Waals surface area (Å²) in [5, 5.41) is 3.85. The Kier molecular flexibility index (Phi) is 3.81. The minimum atomic E-state index is 0.273.